The minimum absolute atomic E-state index is 0.0925. The summed E-state index contributed by atoms with van der Waals surface area (Å²) in [4.78, 5) is 4.80. The van der Waals surface area contributed by atoms with Gasteiger partial charge in [-0.25, -0.2) is 9.67 Å². The van der Waals surface area contributed by atoms with Gasteiger partial charge in [-0.3, -0.25) is 4.57 Å². The van der Waals surface area contributed by atoms with Crippen LogP contribution in [0.2, 0.25) is 0 Å². The average Bonchev–Trinajstić information content (AvgIpc) is 3.70. The molecule has 0 atom stereocenters. The molecule has 0 saturated heterocycles. The second-order valence-corrected chi connectivity index (χ2v) is 15.8. The van der Waals surface area contributed by atoms with Gasteiger partial charge in [-0.05, 0) is 107 Å². The number of fused-ring (bicyclic) bond motifs is 3. The van der Waals surface area contributed by atoms with Crippen LogP contribution in [0.15, 0.2) is 110 Å². The molecule has 5 heteroatoms. The van der Waals surface area contributed by atoms with Gasteiger partial charge in [0.25, 0.3) is 0 Å². The highest BCUT2D eigenvalue weighted by atomic mass is 16.5. The Bertz CT molecular complexity index is 2300. The standard InChI is InChI=1S/C46H50N4O/c1-9-32-19-20-47-44(23-32)50-42-16-11-10-15-40(42)41-18-17-38(27-43(41)50)51-39-25-36(46(6,7)8)24-37(26-39)49-29-35(28-48-49)45-33(21-30(2)3)13-12-14-34(45)22-31(4)5/h10-20,23-31H,9,21-22H2,1-8H3. The molecule has 0 saturated carbocycles. The van der Waals surface area contributed by atoms with E-state index in [1.54, 1.807) is 0 Å². The fraction of sp³-hybridized carbons (Fsp3) is 0.304. The summed E-state index contributed by atoms with van der Waals surface area (Å²) >= 11 is 0. The second-order valence-electron chi connectivity index (χ2n) is 15.8. The van der Waals surface area contributed by atoms with Crippen LogP contribution in [0.5, 0.6) is 11.5 Å². The zero-order valence-corrected chi connectivity index (χ0v) is 31.4. The van der Waals surface area contributed by atoms with Gasteiger partial charge in [-0.1, -0.05) is 91.8 Å². The monoisotopic (exact) mass is 674 g/mol. The molecule has 0 radical (unpaired) electrons. The lowest BCUT2D eigenvalue weighted by atomic mass is 9.86. The van der Waals surface area contributed by atoms with Crippen molar-refractivity contribution in [2.24, 2.45) is 11.8 Å². The molecule has 0 amide bonds. The van der Waals surface area contributed by atoms with Crippen LogP contribution in [0.4, 0.5) is 0 Å². The van der Waals surface area contributed by atoms with Crippen molar-refractivity contribution < 1.29 is 4.74 Å². The molecule has 7 rings (SSSR count). The Morgan fingerprint density at radius 2 is 1.45 bits per heavy atom. The number of aromatic nitrogens is 4. The van der Waals surface area contributed by atoms with E-state index in [1.165, 1.54) is 38.6 Å². The third-order valence-corrected chi connectivity index (χ3v) is 9.71. The number of aryl methyl sites for hydroxylation is 1. The summed E-state index contributed by atoms with van der Waals surface area (Å²) < 4.78 is 11.0. The first-order chi connectivity index (χ1) is 24.5. The van der Waals surface area contributed by atoms with Gasteiger partial charge in [0.1, 0.15) is 17.3 Å². The third kappa shape index (κ3) is 7.08. The highest BCUT2D eigenvalue weighted by molar-refractivity contribution is 6.09. The minimum atomic E-state index is -0.0925. The molecular weight excluding hydrogens is 625 g/mol. The molecule has 260 valence electrons. The maximum atomic E-state index is 6.76. The predicted molar refractivity (Wildman–Crippen MR) is 213 cm³/mol. The van der Waals surface area contributed by atoms with E-state index >= 15 is 0 Å². The number of benzene rings is 4. The number of ether oxygens (including phenoxy) is 1. The van der Waals surface area contributed by atoms with Crippen LogP contribution >= 0.6 is 0 Å². The second kappa shape index (κ2) is 13.9. The number of hydrogen-bond acceptors (Lipinski definition) is 3. The van der Waals surface area contributed by atoms with Crippen molar-refractivity contribution in [2.75, 3.05) is 0 Å². The molecule has 4 aromatic carbocycles. The number of hydrogen-bond donors (Lipinski definition) is 0. The molecule has 0 aliphatic heterocycles. The molecule has 3 heterocycles. The van der Waals surface area contributed by atoms with Crippen molar-refractivity contribution in [3.05, 3.63) is 132 Å². The van der Waals surface area contributed by atoms with Crippen molar-refractivity contribution in [1.82, 2.24) is 19.3 Å². The number of rotatable bonds is 10. The molecule has 0 bridgehead atoms. The summed E-state index contributed by atoms with van der Waals surface area (Å²) in [6.07, 6.45) is 9.15. The van der Waals surface area contributed by atoms with Crippen LogP contribution in [0.3, 0.4) is 0 Å². The number of pyridine rings is 1. The van der Waals surface area contributed by atoms with Crippen LogP contribution in [0.1, 0.15) is 77.6 Å². The molecule has 7 aromatic rings. The van der Waals surface area contributed by atoms with E-state index in [9.17, 15) is 0 Å². The maximum absolute atomic E-state index is 6.76. The van der Waals surface area contributed by atoms with E-state index < -0.39 is 0 Å². The first-order valence-electron chi connectivity index (χ1n) is 18.5. The van der Waals surface area contributed by atoms with Gasteiger partial charge < -0.3 is 4.74 Å². The van der Waals surface area contributed by atoms with Crippen molar-refractivity contribution in [1.29, 1.82) is 0 Å². The third-order valence-electron chi connectivity index (χ3n) is 9.71. The first-order valence-corrected chi connectivity index (χ1v) is 18.5. The van der Waals surface area contributed by atoms with Gasteiger partial charge in [-0.15, -0.1) is 0 Å². The Morgan fingerprint density at radius 1 is 0.725 bits per heavy atom. The van der Waals surface area contributed by atoms with E-state index in [2.05, 4.69) is 157 Å². The van der Waals surface area contributed by atoms with Crippen LogP contribution in [0.25, 0.3) is 44.4 Å². The van der Waals surface area contributed by atoms with E-state index in [0.29, 0.717) is 11.8 Å². The van der Waals surface area contributed by atoms with E-state index in [0.717, 1.165) is 58.9 Å². The molecule has 3 aromatic heterocycles. The summed E-state index contributed by atoms with van der Waals surface area (Å²) in [5.74, 6) is 3.60. The fourth-order valence-corrected chi connectivity index (χ4v) is 7.24. The average molecular weight is 675 g/mol. The minimum Gasteiger partial charge on any atom is -0.457 e. The number of nitrogens with zero attached hydrogens (tertiary/aromatic N) is 4. The van der Waals surface area contributed by atoms with Crippen molar-refractivity contribution in [2.45, 2.75) is 80.1 Å². The van der Waals surface area contributed by atoms with Gasteiger partial charge in [0.05, 0.1) is 22.9 Å². The molecule has 0 unspecified atom stereocenters. The lowest BCUT2D eigenvalue weighted by molar-refractivity contribution is 0.478. The summed E-state index contributed by atoms with van der Waals surface area (Å²) in [6, 6.07) is 32.5. The number of para-hydroxylation sites is 1. The van der Waals surface area contributed by atoms with Crippen LogP contribution < -0.4 is 4.74 Å². The quantitative estimate of drug-likeness (QED) is 0.145. The van der Waals surface area contributed by atoms with Crippen LogP contribution in [-0.2, 0) is 24.7 Å². The zero-order chi connectivity index (χ0) is 35.9. The van der Waals surface area contributed by atoms with Crippen LogP contribution in [0, 0.1) is 11.8 Å². The summed E-state index contributed by atoms with van der Waals surface area (Å²) in [7, 11) is 0. The molecule has 0 spiro atoms. The van der Waals surface area contributed by atoms with E-state index in [-0.39, 0.29) is 5.41 Å². The lowest BCUT2D eigenvalue weighted by Gasteiger charge is -2.21. The molecular formula is C46H50N4O. The van der Waals surface area contributed by atoms with Crippen LogP contribution in [-0.4, -0.2) is 19.3 Å². The molecule has 0 aliphatic rings. The fourth-order valence-electron chi connectivity index (χ4n) is 7.24. The van der Waals surface area contributed by atoms with Crippen molar-refractivity contribution in [3.63, 3.8) is 0 Å². The Morgan fingerprint density at radius 3 is 2.16 bits per heavy atom. The van der Waals surface area contributed by atoms with Crippen molar-refractivity contribution >= 4 is 21.8 Å². The molecule has 5 nitrogen and oxygen atoms in total. The SMILES string of the molecule is CCc1ccnc(-n2c3ccccc3c3ccc(Oc4cc(-n5cc(-c6c(CC(C)C)cccc6CC(C)C)cn5)cc(C(C)(C)C)c4)cc32)c1. The Kier molecular flexibility index (Phi) is 9.32. The Labute approximate surface area is 302 Å². The van der Waals surface area contributed by atoms with Gasteiger partial charge in [0.2, 0.25) is 0 Å². The molecule has 51 heavy (non-hydrogen) atoms. The zero-order valence-electron chi connectivity index (χ0n) is 31.4. The van der Waals surface area contributed by atoms with Gasteiger partial charge in [-0.2, -0.15) is 5.10 Å². The maximum Gasteiger partial charge on any atom is 0.137 e. The summed E-state index contributed by atoms with van der Waals surface area (Å²) in [5.41, 5.74) is 10.8. The van der Waals surface area contributed by atoms with Crippen molar-refractivity contribution in [3.8, 4) is 34.1 Å². The summed E-state index contributed by atoms with van der Waals surface area (Å²) in [6.45, 7) is 18.1. The normalized spacial score (nSPS) is 12.1. The summed E-state index contributed by atoms with van der Waals surface area (Å²) in [5, 5.41) is 7.32. The largest absolute Gasteiger partial charge is 0.457 e. The van der Waals surface area contributed by atoms with Gasteiger partial charge in [0, 0.05) is 40.9 Å². The Balaban J connectivity index is 1.31. The predicted octanol–water partition coefficient (Wildman–Crippen LogP) is 12.1. The first kappa shape index (κ1) is 34.3. The van der Waals surface area contributed by atoms with E-state index in [4.69, 9.17) is 14.8 Å². The molecule has 0 aliphatic carbocycles. The van der Waals surface area contributed by atoms with Gasteiger partial charge >= 0.3 is 0 Å². The Hall–Kier alpha value is -5.16. The molecule has 0 fully saturated rings. The van der Waals surface area contributed by atoms with Gasteiger partial charge in [0.15, 0.2) is 0 Å². The topological polar surface area (TPSA) is 44.9 Å². The molecule has 0 N–H and O–H groups in total. The van der Waals surface area contributed by atoms with E-state index in [1.807, 2.05) is 17.1 Å². The highest BCUT2D eigenvalue weighted by Crippen LogP contribution is 2.37. The highest BCUT2D eigenvalue weighted by Gasteiger charge is 2.20. The lowest BCUT2D eigenvalue weighted by Crippen LogP contribution is -2.12. The smallest absolute Gasteiger partial charge is 0.137 e.